The molecular weight excluding hydrogens is 420 g/mol. The van der Waals surface area contributed by atoms with Gasteiger partial charge >= 0.3 is 0 Å². The molecule has 9 nitrogen and oxygen atoms in total. The Morgan fingerprint density at radius 1 is 1.18 bits per heavy atom. The summed E-state index contributed by atoms with van der Waals surface area (Å²) >= 11 is 0. The number of carbonyl (C=O) groups is 1. The Kier molecular flexibility index (Phi) is 6.07. The number of nitrogens with one attached hydrogen (secondary N) is 2. The molecule has 0 radical (unpaired) electrons. The number of fused-ring (bicyclic) bond motifs is 1. The number of anilines is 1. The van der Waals surface area contributed by atoms with Gasteiger partial charge in [0.25, 0.3) is 11.6 Å². The molecule has 4 rings (SSSR count). The molecule has 1 saturated carbocycles. The average Bonchev–Trinajstić information content (AvgIpc) is 3.11. The van der Waals surface area contributed by atoms with Crippen LogP contribution in [0.2, 0.25) is 0 Å². The highest BCUT2D eigenvalue weighted by Crippen LogP contribution is 2.33. The van der Waals surface area contributed by atoms with Crippen molar-refractivity contribution in [3.8, 4) is 11.3 Å². The van der Waals surface area contributed by atoms with Crippen LogP contribution in [0.1, 0.15) is 56.8 Å². The lowest BCUT2D eigenvalue weighted by molar-refractivity contribution is -0.384. The summed E-state index contributed by atoms with van der Waals surface area (Å²) in [7, 11) is 0. The van der Waals surface area contributed by atoms with Gasteiger partial charge in [-0.15, -0.1) is 0 Å². The minimum Gasteiger partial charge on any atom is -0.365 e. The van der Waals surface area contributed by atoms with E-state index in [-0.39, 0.29) is 29.2 Å². The SMILES string of the molecule is CC(C)(C)Nc1c(-c2cccc([N+](=O)[O-])c2)nc2cc(C(=O)NC3CCC(N)CC3)ccn12. The molecule has 9 heteroatoms. The first-order chi connectivity index (χ1) is 15.6. The van der Waals surface area contributed by atoms with Gasteiger partial charge in [-0.05, 0) is 58.6 Å². The first-order valence-corrected chi connectivity index (χ1v) is 11.2. The zero-order chi connectivity index (χ0) is 23.8. The lowest BCUT2D eigenvalue weighted by Gasteiger charge is -2.26. The Morgan fingerprint density at radius 2 is 1.91 bits per heavy atom. The molecule has 0 spiro atoms. The third-order valence-corrected chi connectivity index (χ3v) is 5.82. The molecule has 0 bridgehead atoms. The summed E-state index contributed by atoms with van der Waals surface area (Å²) in [6.07, 6.45) is 5.41. The van der Waals surface area contributed by atoms with Crippen molar-refractivity contribution in [2.45, 2.75) is 64.1 Å². The molecule has 4 N–H and O–H groups in total. The van der Waals surface area contributed by atoms with E-state index in [0.717, 1.165) is 25.7 Å². The lowest BCUT2D eigenvalue weighted by Crippen LogP contribution is -2.40. The molecule has 2 heterocycles. The number of non-ortho nitro benzene ring substituents is 1. The Bertz CT molecular complexity index is 1190. The van der Waals surface area contributed by atoms with Crippen molar-refractivity contribution in [3.05, 3.63) is 58.3 Å². The van der Waals surface area contributed by atoms with Gasteiger partial charge in [-0.2, -0.15) is 0 Å². The van der Waals surface area contributed by atoms with E-state index in [2.05, 4.69) is 10.6 Å². The van der Waals surface area contributed by atoms with Crippen LogP contribution in [-0.2, 0) is 0 Å². The number of carbonyl (C=O) groups excluding carboxylic acids is 1. The molecule has 0 unspecified atom stereocenters. The van der Waals surface area contributed by atoms with Crippen LogP contribution in [0.5, 0.6) is 0 Å². The number of hydrogen-bond acceptors (Lipinski definition) is 6. The van der Waals surface area contributed by atoms with Crippen molar-refractivity contribution < 1.29 is 9.72 Å². The number of hydrogen-bond donors (Lipinski definition) is 3. The van der Waals surface area contributed by atoms with Crippen molar-refractivity contribution in [1.82, 2.24) is 14.7 Å². The molecular formula is C24H30N6O3. The number of amides is 1. The van der Waals surface area contributed by atoms with Gasteiger partial charge in [-0.1, -0.05) is 12.1 Å². The summed E-state index contributed by atoms with van der Waals surface area (Å²) in [6, 6.07) is 10.3. The predicted molar refractivity (Wildman–Crippen MR) is 128 cm³/mol. The maximum Gasteiger partial charge on any atom is 0.270 e. The third-order valence-electron chi connectivity index (χ3n) is 5.82. The minimum absolute atomic E-state index is 0.00136. The van der Waals surface area contributed by atoms with Crippen LogP contribution >= 0.6 is 0 Å². The molecule has 2 aromatic heterocycles. The predicted octanol–water partition coefficient (Wildman–Crippen LogP) is 4.12. The highest BCUT2D eigenvalue weighted by Gasteiger charge is 2.23. The van der Waals surface area contributed by atoms with Crippen molar-refractivity contribution in [2.24, 2.45) is 5.73 Å². The Morgan fingerprint density at radius 3 is 2.58 bits per heavy atom. The van der Waals surface area contributed by atoms with E-state index in [9.17, 15) is 14.9 Å². The van der Waals surface area contributed by atoms with E-state index in [1.165, 1.54) is 12.1 Å². The second-order valence-electron chi connectivity index (χ2n) is 9.72. The van der Waals surface area contributed by atoms with Crippen LogP contribution in [0.3, 0.4) is 0 Å². The maximum atomic E-state index is 12.9. The number of benzene rings is 1. The zero-order valence-electron chi connectivity index (χ0n) is 19.2. The number of pyridine rings is 1. The first-order valence-electron chi connectivity index (χ1n) is 11.2. The summed E-state index contributed by atoms with van der Waals surface area (Å²) in [5.41, 5.74) is 8.02. The molecule has 0 saturated heterocycles. The summed E-state index contributed by atoms with van der Waals surface area (Å²) in [5, 5.41) is 17.9. The summed E-state index contributed by atoms with van der Waals surface area (Å²) in [4.78, 5) is 28.5. The van der Waals surface area contributed by atoms with Crippen LogP contribution in [0.15, 0.2) is 42.6 Å². The number of aromatic nitrogens is 2. The molecule has 3 aromatic rings. The van der Waals surface area contributed by atoms with E-state index < -0.39 is 4.92 Å². The van der Waals surface area contributed by atoms with Gasteiger partial charge < -0.3 is 16.4 Å². The fourth-order valence-electron chi connectivity index (χ4n) is 4.16. The molecule has 174 valence electrons. The maximum absolute atomic E-state index is 12.9. The molecule has 1 amide bonds. The summed E-state index contributed by atoms with van der Waals surface area (Å²) in [5.74, 6) is 0.578. The lowest BCUT2D eigenvalue weighted by atomic mass is 9.91. The smallest absolute Gasteiger partial charge is 0.270 e. The van der Waals surface area contributed by atoms with Gasteiger partial charge in [-0.3, -0.25) is 19.3 Å². The number of nitro groups is 1. The molecule has 0 aliphatic heterocycles. The van der Waals surface area contributed by atoms with Gasteiger partial charge in [0.2, 0.25) is 0 Å². The first kappa shape index (κ1) is 22.7. The van der Waals surface area contributed by atoms with Gasteiger partial charge in [0.15, 0.2) is 0 Å². The standard InChI is InChI=1S/C24H30N6O3/c1-24(2,3)28-22-21(15-5-4-6-19(13-15)30(32)33)27-20-14-16(11-12-29(20)22)23(31)26-18-9-7-17(25)8-10-18/h4-6,11-14,17-18,28H,7-10,25H2,1-3H3,(H,26,31). The number of imidazole rings is 1. The molecule has 1 fully saturated rings. The Balaban J connectivity index is 1.71. The second kappa shape index (κ2) is 8.82. The fourth-order valence-corrected chi connectivity index (χ4v) is 4.16. The highest BCUT2D eigenvalue weighted by atomic mass is 16.6. The van der Waals surface area contributed by atoms with Crippen molar-refractivity contribution in [2.75, 3.05) is 5.32 Å². The molecule has 33 heavy (non-hydrogen) atoms. The quantitative estimate of drug-likeness (QED) is 0.396. The van der Waals surface area contributed by atoms with Crippen LogP contribution in [-0.4, -0.2) is 37.8 Å². The van der Waals surface area contributed by atoms with Crippen molar-refractivity contribution >= 4 is 23.1 Å². The number of nitro benzene ring substituents is 1. The number of rotatable bonds is 5. The van der Waals surface area contributed by atoms with E-state index in [4.69, 9.17) is 10.7 Å². The summed E-state index contributed by atoms with van der Waals surface area (Å²) in [6.45, 7) is 6.09. The van der Waals surface area contributed by atoms with Gasteiger partial charge in [0, 0.05) is 47.1 Å². The van der Waals surface area contributed by atoms with Crippen molar-refractivity contribution in [1.29, 1.82) is 0 Å². The van der Waals surface area contributed by atoms with E-state index >= 15 is 0 Å². The molecule has 1 aromatic carbocycles. The zero-order valence-corrected chi connectivity index (χ0v) is 19.2. The minimum atomic E-state index is -0.420. The van der Waals surface area contributed by atoms with Crippen LogP contribution < -0.4 is 16.4 Å². The van der Waals surface area contributed by atoms with Crippen molar-refractivity contribution in [3.63, 3.8) is 0 Å². The van der Waals surface area contributed by atoms with Gasteiger partial charge in [0.1, 0.15) is 17.2 Å². The topological polar surface area (TPSA) is 128 Å². The number of nitrogens with two attached hydrogens (primary N) is 1. The monoisotopic (exact) mass is 450 g/mol. The van der Waals surface area contributed by atoms with E-state index in [0.29, 0.717) is 28.3 Å². The Hall–Kier alpha value is -3.46. The van der Waals surface area contributed by atoms with E-state index in [1.807, 2.05) is 31.4 Å². The largest absolute Gasteiger partial charge is 0.365 e. The van der Waals surface area contributed by atoms with Crippen LogP contribution in [0.25, 0.3) is 16.9 Å². The van der Waals surface area contributed by atoms with Gasteiger partial charge in [0.05, 0.1) is 4.92 Å². The highest BCUT2D eigenvalue weighted by molar-refractivity contribution is 5.95. The van der Waals surface area contributed by atoms with Crippen LogP contribution in [0, 0.1) is 10.1 Å². The molecule has 0 atom stereocenters. The number of nitrogens with zero attached hydrogens (tertiary/aromatic N) is 3. The molecule has 1 aliphatic carbocycles. The normalized spacial score (nSPS) is 18.8. The van der Waals surface area contributed by atoms with E-state index in [1.54, 1.807) is 24.3 Å². The summed E-state index contributed by atoms with van der Waals surface area (Å²) < 4.78 is 1.87. The third kappa shape index (κ3) is 5.14. The Labute approximate surface area is 192 Å². The second-order valence-corrected chi connectivity index (χ2v) is 9.72. The molecule has 1 aliphatic rings. The van der Waals surface area contributed by atoms with Gasteiger partial charge in [-0.25, -0.2) is 4.98 Å². The average molecular weight is 451 g/mol. The fraction of sp³-hybridized carbons (Fsp3) is 0.417. The van der Waals surface area contributed by atoms with Crippen LogP contribution in [0.4, 0.5) is 11.5 Å².